The molecular weight excluding hydrogens is 500 g/mol. The van der Waals surface area contributed by atoms with Crippen LogP contribution in [0.25, 0.3) is 0 Å². The maximum atomic E-state index is 11.8. The Labute approximate surface area is 198 Å². The fraction of sp³-hybridized carbons (Fsp3) is 0.353. The largest absolute Gasteiger partial charge is 0.508 e. The summed E-state index contributed by atoms with van der Waals surface area (Å²) in [5, 5.41) is 22.4. The monoisotopic (exact) mass is 518 g/mol. The van der Waals surface area contributed by atoms with E-state index >= 15 is 0 Å². The first-order chi connectivity index (χ1) is 15.2. The minimum Gasteiger partial charge on any atom is -0.433 e. The van der Waals surface area contributed by atoms with Crippen LogP contribution in [0.1, 0.15) is 13.8 Å². The highest BCUT2D eigenvalue weighted by atomic mass is 33.1. The third kappa shape index (κ3) is 9.50. The van der Waals surface area contributed by atoms with Gasteiger partial charge in [0.15, 0.2) is 0 Å². The Balaban J connectivity index is 1.60. The molecule has 32 heavy (non-hydrogen) atoms. The van der Waals surface area contributed by atoms with Crippen LogP contribution in [0.15, 0.2) is 46.7 Å². The quantitative estimate of drug-likeness (QED) is 0.153. The van der Waals surface area contributed by atoms with E-state index < -0.39 is 16.0 Å². The summed E-state index contributed by atoms with van der Waals surface area (Å²) in [6.07, 6.45) is 1.61. The molecule has 0 saturated carbocycles. The molecule has 2 aromatic rings. The third-order valence-electron chi connectivity index (χ3n) is 3.33. The number of nitrogens with zero attached hydrogens (tertiary/aromatic N) is 4. The predicted molar refractivity (Wildman–Crippen MR) is 125 cm³/mol. The van der Waals surface area contributed by atoms with Crippen molar-refractivity contribution >= 4 is 60.7 Å². The average molecular weight is 519 g/mol. The van der Waals surface area contributed by atoms with Gasteiger partial charge in [0, 0.05) is 22.6 Å². The molecule has 0 radical (unpaired) electrons. The van der Waals surface area contributed by atoms with Crippen molar-refractivity contribution in [2.75, 3.05) is 13.2 Å². The van der Waals surface area contributed by atoms with Crippen LogP contribution in [-0.4, -0.2) is 49.7 Å². The van der Waals surface area contributed by atoms with Crippen LogP contribution in [0, 0.1) is 20.2 Å². The number of pyridine rings is 2. The minimum absolute atomic E-state index is 0.0555. The zero-order chi connectivity index (χ0) is 23.5. The number of hydrogen-bond donors (Lipinski definition) is 0. The highest BCUT2D eigenvalue weighted by Crippen LogP contribution is 2.34. The number of hydrogen-bond acceptors (Lipinski definition) is 13. The molecular formula is C17H18N4O7S4. The van der Waals surface area contributed by atoms with Gasteiger partial charge in [0.25, 0.3) is 11.4 Å². The second-order valence-electron chi connectivity index (χ2n) is 6.08. The lowest BCUT2D eigenvalue weighted by Gasteiger charge is -2.13. The minimum atomic E-state index is -0.776. The summed E-state index contributed by atoms with van der Waals surface area (Å²) in [4.78, 5) is 40.0. The molecule has 0 N–H and O–H groups in total. The van der Waals surface area contributed by atoms with Gasteiger partial charge in [-0.3, -0.25) is 20.2 Å². The summed E-state index contributed by atoms with van der Waals surface area (Å²) in [6.45, 7) is 3.99. The van der Waals surface area contributed by atoms with Crippen LogP contribution < -0.4 is 0 Å². The molecule has 2 unspecified atom stereocenters. The summed E-state index contributed by atoms with van der Waals surface area (Å²) < 4.78 is 10.2. The van der Waals surface area contributed by atoms with Crippen LogP contribution in [0.2, 0.25) is 0 Å². The molecule has 172 valence electrons. The molecule has 0 aliphatic carbocycles. The van der Waals surface area contributed by atoms with E-state index in [4.69, 9.17) is 9.47 Å². The molecule has 2 heterocycles. The zero-order valence-electron chi connectivity index (χ0n) is 16.8. The summed E-state index contributed by atoms with van der Waals surface area (Å²) in [6, 6.07) is 5.87. The molecule has 2 aromatic heterocycles. The number of aromatic nitrogens is 2. The van der Waals surface area contributed by atoms with Crippen molar-refractivity contribution in [3.8, 4) is 0 Å². The van der Waals surface area contributed by atoms with E-state index in [0.717, 1.165) is 0 Å². The van der Waals surface area contributed by atoms with Gasteiger partial charge in [-0.2, -0.15) is 0 Å². The molecule has 0 saturated heterocycles. The van der Waals surface area contributed by atoms with E-state index in [0.29, 0.717) is 10.1 Å². The molecule has 2 atom stereocenters. The number of ether oxygens (including phenoxy) is 2. The van der Waals surface area contributed by atoms with Gasteiger partial charge in [-0.05, 0) is 47.6 Å². The average Bonchev–Trinajstić information content (AvgIpc) is 2.79. The SMILES string of the molecule is CC(COC(=O)OCC(C)SSc1ccc([N+](=O)[O-])cn1)SSc1ccc([N+](=O)[O-])cn1. The fourth-order valence-corrected chi connectivity index (χ4v) is 5.50. The Morgan fingerprint density at radius 1 is 0.875 bits per heavy atom. The topological polar surface area (TPSA) is 148 Å². The normalized spacial score (nSPS) is 12.6. The standard InChI is InChI=1S/C17H18N4O7S4/c1-11(29-31-15-5-3-13(7-18-15)20(23)24)9-27-17(22)28-10-12(2)30-32-16-6-4-14(8-19-16)21(25)26/h3-8,11-12H,9-10H2,1-2H3. The van der Waals surface area contributed by atoms with E-state index in [1.807, 2.05) is 13.8 Å². The van der Waals surface area contributed by atoms with Gasteiger partial charge >= 0.3 is 6.16 Å². The first-order valence-electron chi connectivity index (χ1n) is 8.91. The first kappa shape index (κ1) is 26.0. The zero-order valence-corrected chi connectivity index (χ0v) is 20.1. The van der Waals surface area contributed by atoms with Gasteiger partial charge in [0.05, 0.1) is 9.85 Å². The summed E-state index contributed by atoms with van der Waals surface area (Å²) in [5.41, 5.74) is -0.151. The van der Waals surface area contributed by atoms with E-state index in [1.54, 1.807) is 12.1 Å². The highest BCUT2D eigenvalue weighted by Gasteiger charge is 2.14. The molecule has 2 rings (SSSR count). The summed E-state index contributed by atoms with van der Waals surface area (Å²) >= 11 is 0. The summed E-state index contributed by atoms with van der Waals surface area (Å²) in [5.74, 6) is 0. The number of carbonyl (C=O) groups is 1. The van der Waals surface area contributed by atoms with E-state index in [1.165, 1.54) is 67.7 Å². The van der Waals surface area contributed by atoms with E-state index in [2.05, 4.69) is 9.97 Å². The van der Waals surface area contributed by atoms with Crippen molar-refractivity contribution in [1.29, 1.82) is 0 Å². The number of rotatable bonds is 12. The van der Waals surface area contributed by atoms with Gasteiger partial charge < -0.3 is 9.47 Å². The van der Waals surface area contributed by atoms with Gasteiger partial charge in [0.2, 0.25) is 0 Å². The smallest absolute Gasteiger partial charge is 0.433 e. The van der Waals surface area contributed by atoms with Crippen molar-refractivity contribution in [2.45, 2.75) is 34.4 Å². The van der Waals surface area contributed by atoms with Crippen LogP contribution in [0.3, 0.4) is 0 Å². The second kappa shape index (κ2) is 13.3. The lowest BCUT2D eigenvalue weighted by Crippen LogP contribution is -2.17. The molecule has 0 aliphatic rings. The van der Waals surface area contributed by atoms with Crippen molar-refractivity contribution in [3.63, 3.8) is 0 Å². The maximum absolute atomic E-state index is 11.8. The van der Waals surface area contributed by atoms with Crippen LogP contribution in [0.5, 0.6) is 0 Å². The van der Waals surface area contributed by atoms with Crippen molar-refractivity contribution < 1.29 is 24.1 Å². The van der Waals surface area contributed by atoms with Crippen LogP contribution in [-0.2, 0) is 9.47 Å². The lowest BCUT2D eigenvalue weighted by molar-refractivity contribution is -0.385. The molecule has 0 spiro atoms. The van der Waals surface area contributed by atoms with Crippen molar-refractivity contribution in [2.24, 2.45) is 0 Å². The molecule has 0 aromatic carbocycles. The van der Waals surface area contributed by atoms with Crippen molar-refractivity contribution in [1.82, 2.24) is 9.97 Å². The lowest BCUT2D eigenvalue weighted by atomic mass is 10.4. The predicted octanol–water partition coefficient (Wildman–Crippen LogP) is 5.40. The fourth-order valence-electron chi connectivity index (χ4n) is 1.79. The van der Waals surface area contributed by atoms with Gasteiger partial charge in [-0.15, -0.1) is 0 Å². The van der Waals surface area contributed by atoms with Gasteiger partial charge in [-0.1, -0.05) is 21.6 Å². The molecule has 0 fully saturated rings. The Morgan fingerprint density at radius 2 is 1.28 bits per heavy atom. The Kier molecular flexibility index (Phi) is 10.9. The molecule has 0 aliphatic heterocycles. The molecule has 0 bridgehead atoms. The number of carbonyl (C=O) groups excluding carboxylic acids is 1. The van der Waals surface area contributed by atoms with Crippen LogP contribution >= 0.6 is 43.2 Å². The van der Waals surface area contributed by atoms with Gasteiger partial charge in [0.1, 0.15) is 35.7 Å². The Morgan fingerprint density at radius 3 is 1.59 bits per heavy atom. The molecule has 15 heteroatoms. The van der Waals surface area contributed by atoms with Crippen LogP contribution in [0.4, 0.5) is 16.2 Å². The third-order valence-corrected chi connectivity index (χ3v) is 8.85. The molecule has 0 amide bonds. The van der Waals surface area contributed by atoms with E-state index in [9.17, 15) is 25.0 Å². The summed E-state index contributed by atoms with van der Waals surface area (Å²) in [7, 11) is 5.48. The van der Waals surface area contributed by atoms with Crippen molar-refractivity contribution in [3.05, 3.63) is 56.9 Å². The Hall–Kier alpha value is -2.23. The second-order valence-corrected chi connectivity index (χ2v) is 11.4. The van der Waals surface area contributed by atoms with Gasteiger partial charge in [-0.25, -0.2) is 14.8 Å². The molecule has 11 nitrogen and oxygen atoms in total. The maximum Gasteiger partial charge on any atom is 0.508 e. The number of nitro groups is 2. The Bertz CT molecular complexity index is 845. The first-order valence-corrected chi connectivity index (χ1v) is 13.3. The van der Waals surface area contributed by atoms with E-state index in [-0.39, 0.29) is 35.1 Å². The highest BCUT2D eigenvalue weighted by molar-refractivity contribution is 8.77.